The zero-order valence-corrected chi connectivity index (χ0v) is 16.9. The number of fused-ring (bicyclic) bond motifs is 1. The number of rotatable bonds is 4. The fourth-order valence-electron chi connectivity index (χ4n) is 2.72. The molecule has 9 heteroatoms. The highest BCUT2D eigenvalue weighted by molar-refractivity contribution is 7.90. The Morgan fingerprint density at radius 2 is 1.55 bits per heavy atom. The van der Waals surface area contributed by atoms with Crippen molar-refractivity contribution in [2.45, 2.75) is 11.8 Å². The second-order valence-corrected chi connectivity index (χ2v) is 8.21. The normalized spacial score (nSPS) is 10.9. The van der Waals surface area contributed by atoms with Gasteiger partial charge in [-0.05, 0) is 53.3 Å². The van der Waals surface area contributed by atoms with Crippen LogP contribution in [0.1, 0.15) is 17.3 Å². The molecule has 29 heavy (non-hydrogen) atoms. The van der Waals surface area contributed by atoms with Gasteiger partial charge in [-0.2, -0.15) is 0 Å². The van der Waals surface area contributed by atoms with Crippen molar-refractivity contribution in [2.24, 2.45) is 0 Å². The second kappa shape index (κ2) is 8.38. The van der Waals surface area contributed by atoms with Crippen molar-refractivity contribution in [3.8, 4) is 0 Å². The largest absolute Gasteiger partial charge is 0.332 e. The van der Waals surface area contributed by atoms with Crippen molar-refractivity contribution in [1.82, 2.24) is 10.0 Å². The maximum Gasteiger partial charge on any atom is 0.264 e. The van der Waals surface area contributed by atoms with Gasteiger partial charge in [0.05, 0.1) is 4.90 Å². The molecular weight excluding hydrogens is 410 g/mol. The highest BCUT2D eigenvalue weighted by Crippen LogP contribution is 2.18. The number of anilines is 1. The van der Waals surface area contributed by atoms with Crippen molar-refractivity contribution in [3.05, 3.63) is 72.3 Å². The molecular formula is C20H17N3O4S2. The van der Waals surface area contributed by atoms with E-state index in [-0.39, 0.29) is 15.9 Å². The van der Waals surface area contributed by atoms with Gasteiger partial charge in [0.2, 0.25) is 5.91 Å². The average molecular weight is 428 g/mol. The van der Waals surface area contributed by atoms with E-state index in [1.807, 2.05) is 35.1 Å². The first kappa shape index (κ1) is 20.4. The molecule has 0 aliphatic heterocycles. The standard InChI is InChI=1S/C20H17N3O4S2/c1-13(24)23-29(26,27)16-11-9-15(10-12-16)21-20(28)22-19(25)18-8-4-6-14-5-2-3-7-17(14)18/h2-12H,1H3,(H,23,24)(H2,21,22,25,28). The predicted molar refractivity (Wildman–Crippen MR) is 115 cm³/mol. The van der Waals surface area contributed by atoms with Gasteiger partial charge in [0.25, 0.3) is 15.9 Å². The highest BCUT2D eigenvalue weighted by atomic mass is 32.2. The van der Waals surface area contributed by atoms with E-state index in [2.05, 4.69) is 10.6 Å². The van der Waals surface area contributed by atoms with Crippen LogP contribution in [0.2, 0.25) is 0 Å². The molecule has 3 aromatic rings. The zero-order chi connectivity index (χ0) is 21.0. The summed E-state index contributed by atoms with van der Waals surface area (Å²) in [5.74, 6) is -1.03. The Bertz CT molecular complexity index is 1200. The summed E-state index contributed by atoms with van der Waals surface area (Å²) in [6.45, 7) is 1.12. The van der Waals surface area contributed by atoms with Crippen LogP contribution in [0.15, 0.2) is 71.6 Å². The minimum atomic E-state index is -3.91. The fourth-order valence-corrected chi connectivity index (χ4v) is 3.92. The molecule has 2 amide bonds. The molecule has 0 radical (unpaired) electrons. The molecule has 0 unspecified atom stereocenters. The van der Waals surface area contributed by atoms with E-state index in [0.717, 1.165) is 17.7 Å². The Labute approximate surface area is 173 Å². The quantitative estimate of drug-likeness (QED) is 0.553. The van der Waals surface area contributed by atoms with Crippen molar-refractivity contribution in [3.63, 3.8) is 0 Å². The lowest BCUT2D eigenvalue weighted by atomic mass is 10.0. The van der Waals surface area contributed by atoms with Gasteiger partial charge in [-0.1, -0.05) is 36.4 Å². The van der Waals surface area contributed by atoms with E-state index in [9.17, 15) is 18.0 Å². The first-order valence-electron chi connectivity index (χ1n) is 8.50. The molecule has 0 saturated heterocycles. The SMILES string of the molecule is CC(=O)NS(=O)(=O)c1ccc(NC(=S)NC(=O)c2cccc3ccccc23)cc1. The van der Waals surface area contributed by atoms with E-state index in [0.29, 0.717) is 11.3 Å². The van der Waals surface area contributed by atoms with Gasteiger partial charge in [0.15, 0.2) is 5.11 Å². The van der Waals surface area contributed by atoms with Gasteiger partial charge in [-0.25, -0.2) is 13.1 Å². The maximum absolute atomic E-state index is 12.6. The lowest BCUT2D eigenvalue weighted by Crippen LogP contribution is -2.34. The molecule has 0 saturated carbocycles. The third-order valence-electron chi connectivity index (χ3n) is 3.96. The fraction of sp³-hybridized carbons (Fsp3) is 0.0500. The van der Waals surface area contributed by atoms with Crippen molar-refractivity contribution in [2.75, 3.05) is 5.32 Å². The number of amides is 2. The molecule has 0 fully saturated rings. The minimum absolute atomic E-state index is 0.0658. The summed E-state index contributed by atoms with van der Waals surface area (Å²) in [5, 5.41) is 7.26. The molecule has 0 aliphatic rings. The molecule has 0 bridgehead atoms. The van der Waals surface area contributed by atoms with Gasteiger partial charge >= 0.3 is 0 Å². The number of carbonyl (C=O) groups is 2. The molecule has 3 N–H and O–H groups in total. The molecule has 0 aromatic heterocycles. The van der Waals surface area contributed by atoms with Crippen LogP contribution < -0.4 is 15.4 Å². The molecule has 148 valence electrons. The van der Waals surface area contributed by atoms with Gasteiger partial charge < -0.3 is 5.32 Å². The topological polar surface area (TPSA) is 104 Å². The number of hydrogen-bond acceptors (Lipinski definition) is 5. The summed E-state index contributed by atoms with van der Waals surface area (Å²) in [5.41, 5.74) is 0.971. The summed E-state index contributed by atoms with van der Waals surface area (Å²) < 4.78 is 25.8. The van der Waals surface area contributed by atoms with Gasteiger partial charge in [0.1, 0.15) is 0 Å². The number of benzene rings is 3. The Hall–Kier alpha value is -3.30. The Kier molecular flexibility index (Phi) is 5.90. The van der Waals surface area contributed by atoms with Crippen LogP contribution in [0.5, 0.6) is 0 Å². The molecule has 3 aromatic carbocycles. The van der Waals surface area contributed by atoms with E-state index < -0.39 is 15.9 Å². The summed E-state index contributed by atoms with van der Waals surface area (Å²) in [7, 11) is -3.91. The molecule has 0 atom stereocenters. The van der Waals surface area contributed by atoms with Crippen LogP contribution in [0, 0.1) is 0 Å². The van der Waals surface area contributed by atoms with Crippen LogP contribution in [-0.4, -0.2) is 25.3 Å². The molecule has 0 aliphatic carbocycles. The van der Waals surface area contributed by atoms with Gasteiger partial charge in [-0.15, -0.1) is 0 Å². The van der Waals surface area contributed by atoms with Crippen LogP contribution in [0.3, 0.4) is 0 Å². The van der Waals surface area contributed by atoms with E-state index in [1.54, 1.807) is 12.1 Å². The second-order valence-electron chi connectivity index (χ2n) is 6.12. The van der Waals surface area contributed by atoms with Gasteiger partial charge in [-0.3, -0.25) is 14.9 Å². The Balaban J connectivity index is 1.69. The van der Waals surface area contributed by atoms with Crippen LogP contribution >= 0.6 is 12.2 Å². The van der Waals surface area contributed by atoms with Crippen LogP contribution in [0.25, 0.3) is 10.8 Å². The van der Waals surface area contributed by atoms with Crippen LogP contribution in [0.4, 0.5) is 5.69 Å². The summed E-state index contributed by atoms with van der Waals surface area (Å²) >= 11 is 5.18. The van der Waals surface area contributed by atoms with Gasteiger partial charge in [0, 0.05) is 18.2 Å². The smallest absolute Gasteiger partial charge is 0.264 e. The number of thiocarbonyl (C=S) groups is 1. The van der Waals surface area contributed by atoms with Crippen molar-refractivity contribution in [1.29, 1.82) is 0 Å². The first-order valence-corrected chi connectivity index (χ1v) is 10.4. The number of sulfonamides is 1. The highest BCUT2D eigenvalue weighted by Gasteiger charge is 2.15. The molecule has 7 nitrogen and oxygen atoms in total. The monoisotopic (exact) mass is 427 g/mol. The first-order chi connectivity index (χ1) is 13.8. The van der Waals surface area contributed by atoms with E-state index in [4.69, 9.17) is 12.2 Å². The zero-order valence-electron chi connectivity index (χ0n) is 15.3. The number of carbonyl (C=O) groups excluding carboxylic acids is 2. The van der Waals surface area contributed by atoms with Crippen LogP contribution in [-0.2, 0) is 14.8 Å². The van der Waals surface area contributed by atoms with Crippen molar-refractivity contribution >= 4 is 55.6 Å². The van der Waals surface area contributed by atoms with Crippen molar-refractivity contribution < 1.29 is 18.0 Å². The summed E-state index contributed by atoms with van der Waals surface area (Å²) in [6, 6.07) is 18.5. The predicted octanol–water partition coefficient (Wildman–Crippen LogP) is 2.79. The third kappa shape index (κ3) is 4.95. The lowest BCUT2D eigenvalue weighted by Gasteiger charge is -2.11. The molecule has 0 spiro atoms. The molecule has 3 rings (SSSR count). The summed E-state index contributed by atoms with van der Waals surface area (Å²) in [6.07, 6.45) is 0. The lowest BCUT2D eigenvalue weighted by molar-refractivity contribution is -0.117. The average Bonchev–Trinajstić information content (AvgIpc) is 2.66. The number of nitrogens with one attached hydrogen (secondary N) is 3. The maximum atomic E-state index is 12.6. The Morgan fingerprint density at radius 1 is 0.897 bits per heavy atom. The third-order valence-corrected chi connectivity index (χ3v) is 5.61. The van der Waals surface area contributed by atoms with E-state index >= 15 is 0 Å². The van der Waals surface area contributed by atoms with E-state index in [1.165, 1.54) is 24.3 Å². The Morgan fingerprint density at radius 3 is 2.24 bits per heavy atom. The minimum Gasteiger partial charge on any atom is -0.332 e. The molecule has 0 heterocycles. The summed E-state index contributed by atoms with van der Waals surface area (Å²) in [4.78, 5) is 23.5. The number of hydrogen-bond donors (Lipinski definition) is 3.